The Morgan fingerprint density at radius 1 is 0.927 bits per heavy atom. The predicted molar refractivity (Wildman–Crippen MR) is 161 cm³/mol. The molecular formula is C29H31Cl3FN3O4S. The average molecular weight is 643 g/mol. The summed E-state index contributed by atoms with van der Waals surface area (Å²) in [6.45, 7) is 3.29. The molecule has 220 valence electrons. The fourth-order valence-electron chi connectivity index (χ4n) is 4.17. The van der Waals surface area contributed by atoms with E-state index in [0.29, 0.717) is 12.1 Å². The van der Waals surface area contributed by atoms with Gasteiger partial charge in [0.2, 0.25) is 11.8 Å². The number of benzene rings is 3. The summed E-state index contributed by atoms with van der Waals surface area (Å²) in [5.74, 6) is -1.83. The predicted octanol–water partition coefficient (Wildman–Crippen LogP) is 6.70. The van der Waals surface area contributed by atoms with E-state index < -0.39 is 34.3 Å². The van der Waals surface area contributed by atoms with Gasteiger partial charge in [-0.1, -0.05) is 79.3 Å². The number of unbranched alkanes of at least 4 members (excludes halogenated alkanes) is 1. The maximum atomic E-state index is 14.1. The Hall–Kier alpha value is -2.85. The van der Waals surface area contributed by atoms with E-state index in [0.717, 1.165) is 29.3 Å². The Bertz CT molecular complexity index is 1460. The highest BCUT2D eigenvalue weighted by Crippen LogP contribution is 2.30. The van der Waals surface area contributed by atoms with Gasteiger partial charge in [-0.15, -0.1) is 0 Å². The quantitative estimate of drug-likeness (QED) is 0.210. The molecule has 12 heteroatoms. The molecule has 41 heavy (non-hydrogen) atoms. The van der Waals surface area contributed by atoms with Crippen LogP contribution in [0.5, 0.6) is 0 Å². The van der Waals surface area contributed by atoms with Gasteiger partial charge < -0.3 is 10.2 Å². The average Bonchev–Trinajstić information content (AvgIpc) is 2.95. The van der Waals surface area contributed by atoms with Crippen LogP contribution in [-0.2, 0) is 26.2 Å². The molecule has 0 aliphatic rings. The van der Waals surface area contributed by atoms with Crippen molar-refractivity contribution in [3.05, 3.63) is 93.2 Å². The summed E-state index contributed by atoms with van der Waals surface area (Å²) in [6.07, 6.45) is 1.85. The Labute approximate surface area is 255 Å². The summed E-state index contributed by atoms with van der Waals surface area (Å²) in [6, 6.07) is 14.8. The van der Waals surface area contributed by atoms with Crippen molar-refractivity contribution in [2.75, 3.05) is 17.4 Å². The molecule has 1 unspecified atom stereocenters. The molecular weight excluding hydrogens is 612 g/mol. The summed E-state index contributed by atoms with van der Waals surface area (Å²) in [7, 11) is -4.32. The van der Waals surface area contributed by atoms with Crippen LogP contribution in [0.3, 0.4) is 0 Å². The first-order valence-electron chi connectivity index (χ1n) is 13.0. The molecule has 7 nitrogen and oxygen atoms in total. The first-order valence-corrected chi connectivity index (χ1v) is 15.6. The van der Waals surface area contributed by atoms with Crippen LogP contribution in [-0.4, -0.2) is 44.3 Å². The third-order valence-corrected chi connectivity index (χ3v) is 9.19. The third kappa shape index (κ3) is 8.13. The lowest BCUT2D eigenvalue weighted by Gasteiger charge is -2.33. The summed E-state index contributed by atoms with van der Waals surface area (Å²) in [5.41, 5.74) is 0.385. The van der Waals surface area contributed by atoms with E-state index in [-0.39, 0.29) is 44.5 Å². The second kappa shape index (κ2) is 14.9. The van der Waals surface area contributed by atoms with Crippen LogP contribution >= 0.6 is 34.8 Å². The molecule has 3 aromatic carbocycles. The zero-order valence-electron chi connectivity index (χ0n) is 22.6. The first-order chi connectivity index (χ1) is 19.5. The molecule has 0 aliphatic carbocycles. The van der Waals surface area contributed by atoms with Gasteiger partial charge in [0.1, 0.15) is 18.4 Å². The minimum absolute atomic E-state index is 0.0234. The summed E-state index contributed by atoms with van der Waals surface area (Å²) >= 11 is 18.8. The minimum atomic E-state index is -4.32. The standard InChI is InChI=1S/C29H31Cl3FN3O4S/c1-3-5-16-34-29(38)27(4-2)35(18-22-23(30)12-9-13-24(22)31)28(37)19-36(20-14-15-26(33)25(32)17-20)41(39,40)21-10-7-6-8-11-21/h6-15,17,27H,3-5,16,18-19H2,1-2H3,(H,34,38). The van der Waals surface area contributed by atoms with E-state index >= 15 is 0 Å². The number of hydrogen-bond donors (Lipinski definition) is 1. The first kappa shape index (κ1) is 32.7. The van der Waals surface area contributed by atoms with Crippen molar-refractivity contribution in [2.45, 2.75) is 50.6 Å². The molecule has 0 saturated heterocycles. The van der Waals surface area contributed by atoms with Crippen molar-refractivity contribution in [1.82, 2.24) is 10.2 Å². The molecule has 3 rings (SSSR count). The van der Waals surface area contributed by atoms with Crippen molar-refractivity contribution in [3.8, 4) is 0 Å². The van der Waals surface area contributed by atoms with E-state index in [9.17, 15) is 22.4 Å². The van der Waals surface area contributed by atoms with Crippen LogP contribution < -0.4 is 9.62 Å². The maximum Gasteiger partial charge on any atom is 0.264 e. The fraction of sp³-hybridized carbons (Fsp3) is 0.310. The molecule has 1 atom stereocenters. The summed E-state index contributed by atoms with van der Waals surface area (Å²) in [4.78, 5) is 28.5. The number of halogens is 4. The zero-order chi connectivity index (χ0) is 30.2. The lowest BCUT2D eigenvalue weighted by molar-refractivity contribution is -0.140. The van der Waals surface area contributed by atoms with Crippen LogP contribution in [0, 0.1) is 5.82 Å². The van der Waals surface area contributed by atoms with Crippen molar-refractivity contribution < 1.29 is 22.4 Å². The molecule has 1 N–H and O–H groups in total. The van der Waals surface area contributed by atoms with Gasteiger partial charge in [0.15, 0.2) is 0 Å². The van der Waals surface area contributed by atoms with Gasteiger partial charge in [0, 0.05) is 28.7 Å². The molecule has 0 saturated carbocycles. The molecule has 2 amide bonds. The van der Waals surface area contributed by atoms with Gasteiger partial charge in [-0.05, 0) is 55.3 Å². The molecule has 0 fully saturated rings. The second-order valence-corrected chi connectivity index (χ2v) is 12.3. The minimum Gasteiger partial charge on any atom is -0.354 e. The maximum absolute atomic E-state index is 14.1. The lowest BCUT2D eigenvalue weighted by Crippen LogP contribution is -2.52. The third-order valence-electron chi connectivity index (χ3n) is 6.41. The Morgan fingerprint density at radius 3 is 2.17 bits per heavy atom. The van der Waals surface area contributed by atoms with Crippen molar-refractivity contribution >= 4 is 62.3 Å². The van der Waals surface area contributed by atoms with Crippen LogP contribution in [0.2, 0.25) is 15.1 Å². The number of sulfonamides is 1. The summed E-state index contributed by atoms with van der Waals surface area (Å²) in [5, 5.41) is 3.11. The summed E-state index contributed by atoms with van der Waals surface area (Å²) < 4.78 is 42.5. The van der Waals surface area contributed by atoms with Crippen LogP contribution in [0.15, 0.2) is 71.6 Å². The van der Waals surface area contributed by atoms with Crippen molar-refractivity contribution in [3.63, 3.8) is 0 Å². The Balaban J connectivity index is 2.09. The lowest BCUT2D eigenvalue weighted by atomic mass is 10.1. The number of amides is 2. The SMILES string of the molecule is CCCCNC(=O)C(CC)N(Cc1c(Cl)cccc1Cl)C(=O)CN(c1ccc(F)c(Cl)c1)S(=O)(=O)c1ccccc1. The number of rotatable bonds is 13. The number of nitrogens with one attached hydrogen (secondary N) is 1. The van der Waals surface area contributed by atoms with Gasteiger partial charge in [-0.25, -0.2) is 12.8 Å². The van der Waals surface area contributed by atoms with Crippen molar-refractivity contribution in [1.29, 1.82) is 0 Å². The van der Waals surface area contributed by atoms with E-state index in [1.807, 2.05) is 6.92 Å². The van der Waals surface area contributed by atoms with E-state index in [4.69, 9.17) is 34.8 Å². The second-order valence-electron chi connectivity index (χ2n) is 9.21. The molecule has 3 aromatic rings. The topological polar surface area (TPSA) is 86.8 Å². The number of carbonyl (C=O) groups is 2. The van der Waals surface area contributed by atoms with Crippen LogP contribution in [0.25, 0.3) is 0 Å². The molecule has 0 spiro atoms. The van der Waals surface area contributed by atoms with Crippen LogP contribution in [0.4, 0.5) is 10.1 Å². The highest BCUT2D eigenvalue weighted by Gasteiger charge is 2.34. The largest absolute Gasteiger partial charge is 0.354 e. The highest BCUT2D eigenvalue weighted by molar-refractivity contribution is 7.92. The van der Waals surface area contributed by atoms with Crippen molar-refractivity contribution in [2.24, 2.45) is 0 Å². The highest BCUT2D eigenvalue weighted by atomic mass is 35.5. The molecule has 0 heterocycles. The fourth-order valence-corrected chi connectivity index (χ4v) is 6.29. The monoisotopic (exact) mass is 641 g/mol. The van der Waals surface area contributed by atoms with Gasteiger partial charge in [-0.3, -0.25) is 13.9 Å². The van der Waals surface area contributed by atoms with Gasteiger partial charge in [-0.2, -0.15) is 0 Å². The van der Waals surface area contributed by atoms with Gasteiger partial charge in [0.05, 0.1) is 15.6 Å². The van der Waals surface area contributed by atoms with E-state index in [1.54, 1.807) is 43.3 Å². The number of carbonyl (C=O) groups excluding carboxylic acids is 2. The molecule has 0 aromatic heterocycles. The number of nitrogens with zero attached hydrogens (tertiary/aromatic N) is 2. The van der Waals surface area contributed by atoms with E-state index in [1.165, 1.54) is 23.1 Å². The zero-order valence-corrected chi connectivity index (χ0v) is 25.7. The normalized spacial score (nSPS) is 12.0. The number of hydrogen-bond acceptors (Lipinski definition) is 4. The van der Waals surface area contributed by atoms with Gasteiger partial charge in [0.25, 0.3) is 10.0 Å². The smallest absolute Gasteiger partial charge is 0.264 e. The Morgan fingerprint density at radius 2 is 1.59 bits per heavy atom. The molecule has 0 radical (unpaired) electrons. The van der Waals surface area contributed by atoms with Gasteiger partial charge >= 0.3 is 0 Å². The molecule has 0 bridgehead atoms. The number of anilines is 1. The molecule has 0 aliphatic heterocycles. The van der Waals surface area contributed by atoms with Crippen LogP contribution in [0.1, 0.15) is 38.7 Å². The van der Waals surface area contributed by atoms with E-state index in [2.05, 4.69) is 5.32 Å². The Kier molecular flexibility index (Phi) is 11.8.